The highest BCUT2D eigenvalue weighted by Gasteiger charge is 2.60. The van der Waals surface area contributed by atoms with E-state index in [2.05, 4.69) is 5.16 Å². The molecule has 38 heavy (non-hydrogen) atoms. The lowest BCUT2D eigenvalue weighted by molar-refractivity contribution is -0.144. The van der Waals surface area contributed by atoms with Crippen LogP contribution in [0.4, 0.5) is 0 Å². The van der Waals surface area contributed by atoms with Crippen molar-refractivity contribution in [3.05, 3.63) is 60.1 Å². The van der Waals surface area contributed by atoms with E-state index in [-0.39, 0.29) is 44.0 Å². The van der Waals surface area contributed by atoms with Gasteiger partial charge in [0.15, 0.2) is 0 Å². The SMILES string of the molecule is C[C@@H](c1ccccc1)N1C(=O)[C@H]2[C@H]3[C@H](O)[C@H](O)CC(=NOC[C@@H](O)COCc4ccco4)[C@@H]3CC[C@H]2C1=O. The fourth-order valence-corrected chi connectivity index (χ4v) is 6.21. The Labute approximate surface area is 220 Å². The normalized spacial score (nSPS) is 31.7. The summed E-state index contributed by atoms with van der Waals surface area (Å²) in [5.74, 6) is -2.13. The zero-order valence-corrected chi connectivity index (χ0v) is 21.3. The minimum Gasteiger partial charge on any atom is -0.467 e. The second-order valence-electron chi connectivity index (χ2n) is 10.4. The first-order valence-electron chi connectivity index (χ1n) is 13.1. The van der Waals surface area contributed by atoms with E-state index in [0.29, 0.717) is 24.3 Å². The highest BCUT2D eigenvalue weighted by molar-refractivity contribution is 6.06. The third-order valence-electron chi connectivity index (χ3n) is 8.07. The molecule has 0 unspecified atom stereocenters. The summed E-state index contributed by atoms with van der Waals surface area (Å²) in [5.41, 5.74) is 1.39. The van der Waals surface area contributed by atoms with Crippen LogP contribution in [0.25, 0.3) is 0 Å². The van der Waals surface area contributed by atoms with Crippen molar-refractivity contribution < 1.29 is 38.9 Å². The van der Waals surface area contributed by atoms with Crippen molar-refractivity contribution in [1.29, 1.82) is 0 Å². The van der Waals surface area contributed by atoms with Crippen LogP contribution in [0.2, 0.25) is 0 Å². The lowest BCUT2D eigenvalue weighted by atomic mass is 9.60. The van der Waals surface area contributed by atoms with Gasteiger partial charge in [0, 0.05) is 18.3 Å². The summed E-state index contributed by atoms with van der Waals surface area (Å²) in [6.45, 7) is 1.95. The molecule has 5 rings (SSSR count). The van der Waals surface area contributed by atoms with Crippen molar-refractivity contribution in [2.24, 2.45) is 28.8 Å². The number of hydrogen-bond acceptors (Lipinski definition) is 9. The Bertz CT molecular complexity index is 1140. The van der Waals surface area contributed by atoms with Gasteiger partial charge in [-0.05, 0) is 37.5 Å². The van der Waals surface area contributed by atoms with Gasteiger partial charge in [0.05, 0.1) is 48.7 Å². The number of ether oxygens (including phenoxy) is 1. The first kappa shape index (κ1) is 26.6. The number of amides is 2. The van der Waals surface area contributed by atoms with Crippen molar-refractivity contribution in [3.8, 4) is 0 Å². The molecule has 0 radical (unpaired) electrons. The zero-order valence-electron chi connectivity index (χ0n) is 21.3. The minimum atomic E-state index is -1.16. The van der Waals surface area contributed by atoms with Crippen LogP contribution in [-0.2, 0) is 25.8 Å². The van der Waals surface area contributed by atoms with E-state index in [1.54, 1.807) is 18.4 Å². The number of hydrogen-bond donors (Lipinski definition) is 3. The highest BCUT2D eigenvalue weighted by Crippen LogP contribution is 2.51. The molecule has 0 spiro atoms. The average molecular weight is 527 g/mol. The van der Waals surface area contributed by atoms with Gasteiger partial charge in [-0.1, -0.05) is 35.5 Å². The van der Waals surface area contributed by atoms with Crippen LogP contribution in [0.15, 0.2) is 58.3 Å². The summed E-state index contributed by atoms with van der Waals surface area (Å²) in [7, 11) is 0. The summed E-state index contributed by atoms with van der Waals surface area (Å²) in [4.78, 5) is 33.8. The van der Waals surface area contributed by atoms with Gasteiger partial charge in [-0.15, -0.1) is 0 Å². The van der Waals surface area contributed by atoms with Crippen molar-refractivity contribution in [1.82, 2.24) is 4.90 Å². The number of benzene rings is 1. The Kier molecular flexibility index (Phi) is 7.94. The van der Waals surface area contributed by atoms with Gasteiger partial charge >= 0.3 is 0 Å². The number of imide groups is 1. The summed E-state index contributed by atoms with van der Waals surface area (Å²) in [5, 5.41) is 36.0. The summed E-state index contributed by atoms with van der Waals surface area (Å²) in [6.07, 6.45) is -0.558. The van der Waals surface area contributed by atoms with Gasteiger partial charge in [0.1, 0.15) is 25.1 Å². The molecule has 1 aromatic heterocycles. The molecule has 2 saturated carbocycles. The standard InChI is InChI=1S/C28H34N2O8/c1-16(17-6-3-2-4-7-17)30-27(34)21-10-9-20-22(12-23(32)26(33)24(20)25(21)28(30)35)29-38-14-18(31)13-36-15-19-8-5-11-37-19/h2-8,11,16,18,20-21,23-26,31-33H,9-10,12-15H2,1H3/t16-,18-,20-,21+,23+,24-,25+,26+/m0/s1. The van der Waals surface area contributed by atoms with E-state index in [1.165, 1.54) is 4.90 Å². The number of oxime groups is 1. The second-order valence-corrected chi connectivity index (χ2v) is 10.4. The predicted octanol–water partition coefficient (Wildman–Crippen LogP) is 2.04. The van der Waals surface area contributed by atoms with E-state index in [4.69, 9.17) is 14.0 Å². The number of likely N-dealkylation sites (tertiary alicyclic amines) is 1. The molecule has 1 saturated heterocycles. The number of furan rings is 1. The number of carbonyl (C=O) groups is 2. The molecule has 10 nitrogen and oxygen atoms in total. The molecular formula is C28H34N2O8. The molecule has 2 heterocycles. The maximum absolute atomic E-state index is 13.7. The van der Waals surface area contributed by atoms with Gasteiger partial charge in [-0.3, -0.25) is 14.5 Å². The Morgan fingerprint density at radius 3 is 2.55 bits per heavy atom. The highest BCUT2D eigenvalue weighted by atomic mass is 16.6. The Morgan fingerprint density at radius 1 is 1.05 bits per heavy atom. The molecule has 2 amide bonds. The Balaban J connectivity index is 1.26. The molecule has 204 valence electrons. The van der Waals surface area contributed by atoms with E-state index >= 15 is 0 Å². The fourth-order valence-electron chi connectivity index (χ4n) is 6.21. The second kappa shape index (κ2) is 11.4. The van der Waals surface area contributed by atoms with Crippen LogP contribution >= 0.6 is 0 Å². The number of aliphatic hydroxyl groups excluding tert-OH is 3. The largest absolute Gasteiger partial charge is 0.467 e. The van der Waals surface area contributed by atoms with Crippen LogP contribution in [0.3, 0.4) is 0 Å². The Hall–Kier alpha value is -3.05. The Morgan fingerprint density at radius 2 is 1.82 bits per heavy atom. The molecule has 2 aromatic rings. The number of carbonyl (C=O) groups excluding carboxylic acids is 2. The quantitative estimate of drug-likeness (QED) is 0.333. The average Bonchev–Trinajstić information content (AvgIpc) is 3.53. The molecule has 3 N–H and O–H groups in total. The number of aliphatic hydroxyl groups is 3. The van der Waals surface area contributed by atoms with E-state index in [1.807, 2.05) is 37.3 Å². The summed E-state index contributed by atoms with van der Waals surface area (Å²) >= 11 is 0. The van der Waals surface area contributed by atoms with Crippen LogP contribution in [-0.4, -0.2) is 69.3 Å². The van der Waals surface area contributed by atoms with Gasteiger partial charge < -0.3 is 29.3 Å². The number of rotatable bonds is 9. The molecular weight excluding hydrogens is 492 g/mol. The van der Waals surface area contributed by atoms with Crippen molar-refractivity contribution in [2.75, 3.05) is 13.2 Å². The van der Waals surface area contributed by atoms with Gasteiger partial charge in [0.25, 0.3) is 0 Å². The zero-order chi connectivity index (χ0) is 26.8. The van der Waals surface area contributed by atoms with Gasteiger partial charge in [-0.25, -0.2) is 0 Å². The monoisotopic (exact) mass is 526 g/mol. The van der Waals surface area contributed by atoms with E-state index in [9.17, 15) is 24.9 Å². The van der Waals surface area contributed by atoms with Gasteiger partial charge in [-0.2, -0.15) is 0 Å². The van der Waals surface area contributed by atoms with Crippen LogP contribution in [0.5, 0.6) is 0 Å². The summed E-state index contributed by atoms with van der Waals surface area (Å²) < 4.78 is 10.6. The maximum Gasteiger partial charge on any atom is 0.234 e. The third kappa shape index (κ3) is 5.13. The smallest absolute Gasteiger partial charge is 0.234 e. The number of fused-ring (bicyclic) bond motifs is 3. The van der Waals surface area contributed by atoms with Crippen molar-refractivity contribution >= 4 is 17.5 Å². The van der Waals surface area contributed by atoms with Crippen LogP contribution < -0.4 is 0 Å². The molecule has 10 heteroatoms. The molecule has 2 aliphatic carbocycles. The number of nitrogens with zero attached hydrogens (tertiary/aromatic N) is 2. The molecule has 0 bridgehead atoms. The van der Waals surface area contributed by atoms with Crippen molar-refractivity contribution in [2.45, 2.75) is 57.1 Å². The first-order valence-corrected chi connectivity index (χ1v) is 13.1. The maximum atomic E-state index is 13.7. The van der Waals surface area contributed by atoms with E-state index < -0.39 is 42.1 Å². The lowest BCUT2D eigenvalue weighted by Crippen LogP contribution is -2.54. The molecule has 3 aliphatic rings. The lowest BCUT2D eigenvalue weighted by Gasteiger charge is -2.45. The molecule has 8 atom stereocenters. The molecule has 1 aromatic carbocycles. The van der Waals surface area contributed by atoms with Gasteiger partial charge in [0.2, 0.25) is 11.8 Å². The molecule has 1 aliphatic heterocycles. The third-order valence-corrected chi connectivity index (χ3v) is 8.07. The van der Waals surface area contributed by atoms with E-state index in [0.717, 1.165) is 5.56 Å². The predicted molar refractivity (Wildman–Crippen MR) is 134 cm³/mol. The molecule has 3 fully saturated rings. The summed E-state index contributed by atoms with van der Waals surface area (Å²) in [6, 6.07) is 12.5. The first-order chi connectivity index (χ1) is 18.4. The minimum absolute atomic E-state index is 0.0226. The topological polar surface area (TPSA) is 142 Å². The van der Waals surface area contributed by atoms with Crippen LogP contribution in [0, 0.1) is 23.7 Å². The van der Waals surface area contributed by atoms with Crippen molar-refractivity contribution in [3.63, 3.8) is 0 Å². The fraction of sp³-hybridized carbons (Fsp3) is 0.536. The van der Waals surface area contributed by atoms with Crippen LogP contribution in [0.1, 0.15) is 43.6 Å².